The molecule has 0 saturated heterocycles. The maximum absolute atomic E-state index is 6.13. The maximum Gasteiger partial charge on any atom is 0.249 e. The van der Waals surface area contributed by atoms with E-state index in [9.17, 15) is 0 Å². The van der Waals surface area contributed by atoms with Gasteiger partial charge in [-0.3, -0.25) is 0 Å². The highest BCUT2D eigenvalue weighted by Crippen LogP contribution is 2.23. The Kier molecular flexibility index (Phi) is 4.39. The molecule has 3 aromatic rings. The molecule has 0 aliphatic heterocycles. The SMILES string of the molecule is Cc1ccc(Nc2nncc(Nc3ccccc3C)n2)cc1Cl. The second-order valence-corrected chi connectivity index (χ2v) is 5.60. The van der Waals surface area contributed by atoms with Crippen molar-refractivity contribution in [1.29, 1.82) is 0 Å². The van der Waals surface area contributed by atoms with Gasteiger partial charge in [-0.05, 0) is 43.2 Å². The van der Waals surface area contributed by atoms with Crippen molar-refractivity contribution in [2.24, 2.45) is 0 Å². The molecule has 2 N–H and O–H groups in total. The van der Waals surface area contributed by atoms with Crippen molar-refractivity contribution >= 4 is 34.7 Å². The molecule has 2 aromatic carbocycles. The molecule has 0 radical (unpaired) electrons. The fourth-order valence-corrected chi connectivity index (χ4v) is 2.25. The average molecular weight is 326 g/mol. The Morgan fingerprint density at radius 1 is 0.957 bits per heavy atom. The highest BCUT2D eigenvalue weighted by Gasteiger charge is 2.04. The molecule has 0 spiro atoms. The molecule has 0 saturated carbocycles. The van der Waals surface area contributed by atoms with Crippen LogP contribution in [0.5, 0.6) is 0 Å². The zero-order chi connectivity index (χ0) is 16.2. The number of nitrogens with zero attached hydrogens (tertiary/aromatic N) is 3. The molecule has 0 fully saturated rings. The predicted molar refractivity (Wildman–Crippen MR) is 93.8 cm³/mol. The third-order valence-corrected chi connectivity index (χ3v) is 3.80. The number of hydrogen-bond donors (Lipinski definition) is 2. The van der Waals surface area contributed by atoms with Crippen LogP contribution in [0.1, 0.15) is 11.1 Å². The van der Waals surface area contributed by atoms with Crippen LogP contribution in [0.25, 0.3) is 0 Å². The van der Waals surface area contributed by atoms with Gasteiger partial charge in [0.05, 0.1) is 6.20 Å². The van der Waals surface area contributed by atoms with E-state index in [0.717, 1.165) is 22.5 Å². The van der Waals surface area contributed by atoms with Crippen molar-refractivity contribution in [2.75, 3.05) is 10.6 Å². The van der Waals surface area contributed by atoms with E-state index in [1.807, 2.05) is 56.3 Å². The van der Waals surface area contributed by atoms with Crippen LogP contribution >= 0.6 is 11.6 Å². The molecule has 0 bridgehead atoms. The number of para-hydroxylation sites is 1. The standard InChI is InChI=1S/C17H16ClN5/c1-11-7-8-13(9-14(11)18)20-17-22-16(10-19-23-17)21-15-6-4-3-5-12(15)2/h3-10H,1-2H3,(H2,20,21,22,23). The zero-order valence-corrected chi connectivity index (χ0v) is 13.6. The van der Waals surface area contributed by atoms with Crippen molar-refractivity contribution in [3.63, 3.8) is 0 Å². The van der Waals surface area contributed by atoms with Crippen LogP contribution in [-0.2, 0) is 0 Å². The van der Waals surface area contributed by atoms with E-state index < -0.39 is 0 Å². The summed E-state index contributed by atoms with van der Waals surface area (Å²) in [5.41, 5.74) is 3.95. The van der Waals surface area contributed by atoms with Gasteiger partial charge in [0.2, 0.25) is 5.95 Å². The zero-order valence-electron chi connectivity index (χ0n) is 12.8. The van der Waals surface area contributed by atoms with Crippen LogP contribution in [0.3, 0.4) is 0 Å². The first-order valence-corrected chi connectivity index (χ1v) is 7.55. The molecule has 0 atom stereocenters. The molecule has 0 unspecified atom stereocenters. The summed E-state index contributed by atoms with van der Waals surface area (Å²) >= 11 is 6.13. The quantitative estimate of drug-likeness (QED) is 0.732. The van der Waals surface area contributed by atoms with E-state index >= 15 is 0 Å². The number of aromatic nitrogens is 3. The number of aryl methyl sites for hydroxylation is 2. The lowest BCUT2D eigenvalue weighted by Crippen LogP contribution is -2.03. The first kappa shape index (κ1) is 15.2. The highest BCUT2D eigenvalue weighted by atomic mass is 35.5. The summed E-state index contributed by atoms with van der Waals surface area (Å²) in [6, 6.07) is 13.7. The van der Waals surface area contributed by atoms with Gasteiger partial charge < -0.3 is 10.6 Å². The van der Waals surface area contributed by atoms with E-state index in [2.05, 4.69) is 25.8 Å². The Balaban J connectivity index is 1.79. The van der Waals surface area contributed by atoms with Gasteiger partial charge in [-0.2, -0.15) is 10.1 Å². The lowest BCUT2D eigenvalue weighted by molar-refractivity contribution is 0.982. The smallest absolute Gasteiger partial charge is 0.249 e. The maximum atomic E-state index is 6.13. The number of halogens is 1. The Morgan fingerprint density at radius 3 is 2.57 bits per heavy atom. The third-order valence-electron chi connectivity index (χ3n) is 3.39. The van der Waals surface area contributed by atoms with Crippen LogP contribution in [0.4, 0.5) is 23.1 Å². The number of benzene rings is 2. The second-order valence-electron chi connectivity index (χ2n) is 5.19. The Morgan fingerprint density at radius 2 is 1.78 bits per heavy atom. The van der Waals surface area contributed by atoms with Gasteiger partial charge in [-0.25, -0.2) is 0 Å². The largest absolute Gasteiger partial charge is 0.339 e. The summed E-state index contributed by atoms with van der Waals surface area (Å²) < 4.78 is 0. The van der Waals surface area contributed by atoms with Gasteiger partial charge in [-0.15, -0.1) is 5.10 Å². The molecule has 5 nitrogen and oxygen atoms in total. The normalized spacial score (nSPS) is 10.4. The van der Waals surface area contributed by atoms with Crippen LogP contribution in [0, 0.1) is 13.8 Å². The van der Waals surface area contributed by atoms with E-state index in [4.69, 9.17) is 11.6 Å². The van der Waals surface area contributed by atoms with E-state index in [0.29, 0.717) is 16.8 Å². The third kappa shape index (κ3) is 3.76. The van der Waals surface area contributed by atoms with Crippen molar-refractivity contribution in [2.45, 2.75) is 13.8 Å². The molecule has 1 heterocycles. The monoisotopic (exact) mass is 325 g/mol. The molecule has 23 heavy (non-hydrogen) atoms. The first-order chi connectivity index (χ1) is 11.1. The summed E-state index contributed by atoms with van der Waals surface area (Å²) in [5.74, 6) is 1.03. The number of anilines is 4. The van der Waals surface area contributed by atoms with Crippen molar-refractivity contribution < 1.29 is 0 Å². The topological polar surface area (TPSA) is 62.7 Å². The van der Waals surface area contributed by atoms with Gasteiger partial charge in [0.25, 0.3) is 0 Å². The number of hydrogen-bond acceptors (Lipinski definition) is 5. The van der Waals surface area contributed by atoms with E-state index in [1.165, 1.54) is 0 Å². The minimum absolute atomic E-state index is 0.406. The van der Waals surface area contributed by atoms with Crippen molar-refractivity contribution in [3.05, 3.63) is 64.8 Å². The first-order valence-electron chi connectivity index (χ1n) is 7.17. The number of rotatable bonds is 4. The molecule has 0 aliphatic carbocycles. The average Bonchev–Trinajstić information content (AvgIpc) is 2.54. The van der Waals surface area contributed by atoms with Gasteiger partial charge in [-0.1, -0.05) is 35.9 Å². The van der Waals surface area contributed by atoms with E-state index in [1.54, 1.807) is 6.20 Å². The molecule has 6 heteroatoms. The summed E-state index contributed by atoms with van der Waals surface area (Å²) in [7, 11) is 0. The highest BCUT2D eigenvalue weighted by molar-refractivity contribution is 6.31. The fourth-order valence-electron chi connectivity index (χ4n) is 2.07. The second kappa shape index (κ2) is 6.62. The Bertz CT molecular complexity index is 835. The molecule has 1 aromatic heterocycles. The number of nitrogens with one attached hydrogen (secondary N) is 2. The van der Waals surface area contributed by atoms with Crippen LogP contribution in [-0.4, -0.2) is 15.2 Å². The van der Waals surface area contributed by atoms with Gasteiger partial charge in [0.1, 0.15) is 0 Å². The predicted octanol–water partition coefficient (Wildman–Crippen LogP) is 4.63. The Hall–Kier alpha value is -2.66. The van der Waals surface area contributed by atoms with Crippen LogP contribution in [0.15, 0.2) is 48.7 Å². The summed E-state index contributed by atoms with van der Waals surface area (Å²) in [5, 5.41) is 15.0. The summed E-state index contributed by atoms with van der Waals surface area (Å²) in [6.45, 7) is 3.99. The van der Waals surface area contributed by atoms with Gasteiger partial charge in [0, 0.05) is 16.4 Å². The molecule has 3 rings (SSSR count). The van der Waals surface area contributed by atoms with Crippen molar-refractivity contribution in [1.82, 2.24) is 15.2 Å². The lowest BCUT2D eigenvalue weighted by atomic mass is 10.2. The minimum atomic E-state index is 0.406. The molecule has 116 valence electrons. The molecule has 0 aliphatic rings. The lowest BCUT2D eigenvalue weighted by Gasteiger charge is -2.10. The molecular weight excluding hydrogens is 310 g/mol. The fraction of sp³-hybridized carbons (Fsp3) is 0.118. The van der Waals surface area contributed by atoms with Crippen LogP contribution < -0.4 is 10.6 Å². The summed E-state index contributed by atoms with van der Waals surface area (Å²) in [6.07, 6.45) is 1.58. The van der Waals surface area contributed by atoms with Crippen molar-refractivity contribution in [3.8, 4) is 0 Å². The van der Waals surface area contributed by atoms with Gasteiger partial charge >= 0.3 is 0 Å². The summed E-state index contributed by atoms with van der Waals surface area (Å²) in [4.78, 5) is 4.42. The van der Waals surface area contributed by atoms with Gasteiger partial charge in [0.15, 0.2) is 5.82 Å². The van der Waals surface area contributed by atoms with Crippen LogP contribution in [0.2, 0.25) is 5.02 Å². The molecule has 0 amide bonds. The minimum Gasteiger partial charge on any atom is -0.339 e. The van der Waals surface area contributed by atoms with E-state index in [-0.39, 0.29) is 0 Å². The Labute approximate surface area is 139 Å². The molecular formula is C17H16ClN5.